The summed E-state index contributed by atoms with van der Waals surface area (Å²) in [6.07, 6.45) is 4.97. The van der Waals surface area contributed by atoms with Crippen molar-refractivity contribution in [2.24, 2.45) is 11.5 Å². The molecule has 0 aromatic carbocycles. The van der Waals surface area contributed by atoms with E-state index >= 15 is 0 Å². The van der Waals surface area contributed by atoms with E-state index in [9.17, 15) is 0 Å². The van der Waals surface area contributed by atoms with Crippen molar-refractivity contribution in [2.75, 3.05) is 6.54 Å². The van der Waals surface area contributed by atoms with Crippen molar-refractivity contribution in [2.45, 2.75) is 39.2 Å². The molecule has 0 fully saturated rings. The van der Waals surface area contributed by atoms with E-state index in [1.165, 1.54) is 0 Å². The van der Waals surface area contributed by atoms with Gasteiger partial charge < -0.3 is 11.5 Å². The van der Waals surface area contributed by atoms with Gasteiger partial charge in [-0.1, -0.05) is 26.3 Å². The Kier molecular flexibility index (Phi) is 14.9. The Balaban J connectivity index is 0. The monoisotopic (exact) mass is 158 g/mol. The van der Waals surface area contributed by atoms with E-state index in [1.807, 2.05) is 13.8 Å². The Bertz CT molecular complexity index is 72.0. The molecule has 0 heterocycles. The fourth-order valence-electron chi connectivity index (χ4n) is 0.642. The Morgan fingerprint density at radius 3 is 2.27 bits per heavy atom. The second kappa shape index (κ2) is 12.3. The molecular formula is C9H22N2. The van der Waals surface area contributed by atoms with Gasteiger partial charge in [0.2, 0.25) is 0 Å². The third-order valence-electron chi connectivity index (χ3n) is 1.29. The van der Waals surface area contributed by atoms with E-state index in [0.29, 0.717) is 0 Å². The molecule has 0 aliphatic rings. The lowest BCUT2D eigenvalue weighted by Crippen LogP contribution is -2.16. The molecule has 1 unspecified atom stereocenters. The highest BCUT2D eigenvalue weighted by Gasteiger charge is 1.93. The van der Waals surface area contributed by atoms with E-state index in [-0.39, 0.29) is 6.04 Å². The highest BCUT2D eigenvalue weighted by Crippen LogP contribution is 1.97. The van der Waals surface area contributed by atoms with Crippen LogP contribution in [0.15, 0.2) is 12.7 Å². The van der Waals surface area contributed by atoms with Gasteiger partial charge in [0.05, 0.1) is 0 Å². The minimum atomic E-state index is 0.163. The van der Waals surface area contributed by atoms with Crippen LogP contribution in [-0.2, 0) is 0 Å². The van der Waals surface area contributed by atoms with Crippen molar-refractivity contribution in [1.29, 1.82) is 0 Å². The van der Waals surface area contributed by atoms with Gasteiger partial charge in [0, 0.05) is 6.04 Å². The summed E-state index contributed by atoms with van der Waals surface area (Å²) in [6.45, 7) is 8.35. The van der Waals surface area contributed by atoms with Crippen LogP contribution < -0.4 is 11.5 Å². The maximum Gasteiger partial charge on any atom is 0.0221 e. The summed E-state index contributed by atoms with van der Waals surface area (Å²) >= 11 is 0. The first-order valence-corrected chi connectivity index (χ1v) is 4.39. The lowest BCUT2D eigenvalue weighted by molar-refractivity contribution is 0.637. The normalized spacial score (nSPS) is 11.3. The molecule has 4 N–H and O–H groups in total. The average molecular weight is 158 g/mol. The zero-order chi connectivity index (χ0) is 9.11. The highest BCUT2D eigenvalue weighted by molar-refractivity contribution is 4.81. The van der Waals surface area contributed by atoms with E-state index in [0.717, 1.165) is 25.8 Å². The van der Waals surface area contributed by atoms with Gasteiger partial charge in [-0.05, 0) is 19.4 Å². The number of nitrogens with two attached hydrogens (primary N) is 2. The van der Waals surface area contributed by atoms with Crippen LogP contribution in [0.1, 0.15) is 33.1 Å². The second-order valence-electron chi connectivity index (χ2n) is 2.18. The standard InChI is InChI=1S/C7H16N2.C2H6/c1-2-7(9)5-3-4-6-8;1-2/h2,7H,1,3-6,8-9H2;1-2H3. The minimum Gasteiger partial charge on any atom is -0.330 e. The average Bonchev–Trinajstić information content (AvgIpc) is 2.08. The molecule has 0 spiro atoms. The number of hydrogen-bond donors (Lipinski definition) is 2. The lowest BCUT2D eigenvalue weighted by Gasteiger charge is -2.02. The van der Waals surface area contributed by atoms with Crippen LogP contribution >= 0.6 is 0 Å². The molecule has 0 aliphatic heterocycles. The summed E-state index contributed by atoms with van der Waals surface area (Å²) in [5.74, 6) is 0. The lowest BCUT2D eigenvalue weighted by atomic mass is 10.1. The topological polar surface area (TPSA) is 52.0 Å². The van der Waals surface area contributed by atoms with Crippen molar-refractivity contribution in [3.63, 3.8) is 0 Å². The molecule has 2 nitrogen and oxygen atoms in total. The third kappa shape index (κ3) is 12.8. The first kappa shape index (κ1) is 13.3. The van der Waals surface area contributed by atoms with Gasteiger partial charge in [-0.2, -0.15) is 0 Å². The van der Waals surface area contributed by atoms with Crippen molar-refractivity contribution in [3.8, 4) is 0 Å². The molecule has 0 amide bonds. The molecule has 2 heteroatoms. The maximum atomic E-state index is 5.55. The first-order valence-electron chi connectivity index (χ1n) is 4.39. The Labute approximate surface area is 70.7 Å². The zero-order valence-electron chi connectivity index (χ0n) is 7.84. The summed E-state index contributed by atoms with van der Waals surface area (Å²) in [4.78, 5) is 0. The molecule has 1 atom stereocenters. The Morgan fingerprint density at radius 2 is 1.91 bits per heavy atom. The molecule has 0 bridgehead atoms. The van der Waals surface area contributed by atoms with Crippen LogP contribution in [0.4, 0.5) is 0 Å². The summed E-state index contributed by atoms with van der Waals surface area (Å²) in [5, 5.41) is 0. The molecule has 0 saturated heterocycles. The minimum absolute atomic E-state index is 0.163. The summed E-state index contributed by atoms with van der Waals surface area (Å²) in [7, 11) is 0. The van der Waals surface area contributed by atoms with Crippen LogP contribution in [0.3, 0.4) is 0 Å². The van der Waals surface area contributed by atoms with Gasteiger partial charge >= 0.3 is 0 Å². The molecule has 0 saturated carbocycles. The fraction of sp³-hybridized carbons (Fsp3) is 0.778. The van der Waals surface area contributed by atoms with Gasteiger partial charge in [0.25, 0.3) is 0 Å². The van der Waals surface area contributed by atoms with Crippen LogP contribution in [0.2, 0.25) is 0 Å². The molecule has 68 valence electrons. The van der Waals surface area contributed by atoms with Crippen LogP contribution in [0, 0.1) is 0 Å². The molecule has 11 heavy (non-hydrogen) atoms. The van der Waals surface area contributed by atoms with Gasteiger partial charge in [-0.25, -0.2) is 0 Å². The van der Waals surface area contributed by atoms with Gasteiger partial charge in [0.15, 0.2) is 0 Å². The predicted molar refractivity (Wildman–Crippen MR) is 52.4 cm³/mol. The Hall–Kier alpha value is -0.340. The van der Waals surface area contributed by atoms with Crippen molar-refractivity contribution < 1.29 is 0 Å². The summed E-state index contributed by atoms with van der Waals surface area (Å²) < 4.78 is 0. The summed E-state index contributed by atoms with van der Waals surface area (Å²) in [6, 6.07) is 0.163. The van der Waals surface area contributed by atoms with E-state index < -0.39 is 0 Å². The maximum absolute atomic E-state index is 5.55. The number of hydrogen-bond acceptors (Lipinski definition) is 2. The fourth-order valence-corrected chi connectivity index (χ4v) is 0.642. The van der Waals surface area contributed by atoms with Gasteiger partial charge in [-0.15, -0.1) is 6.58 Å². The number of rotatable bonds is 5. The van der Waals surface area contributed by atoms with E-state index in [2.05, 4.69) is 6.58 Å². The van der Waals surface area contributed by atoms with Gasteiger partial charge in [0.1, 0.15) is 0 Å². The molecule has 0 aromatic heterocycles. The molecule has 0 radical (unpaired) electrons. The van der Waals surface area contributed by atoms with Crippen LogP contribution in [0.25, 0.3) is 0 Å². The van der Waals surface area contributed by atoms with E-state index in [1.54, 1.807) is 6.08 Å². The van der Waals surface area contributed by atoms with Crippen molar-refractivity contribution >= 4 is 0 Å². The largest absolute Gasteiger partial charge is 0.330 e. The molecular weight excluding hydrogens is 136 g/mol. The quantitative estimate of drug-likeness (QED) is 0.472. The molecule has 0 rings (SSSR count). The van der Waals surface area contributed by atoms with Crippen molar-refractivity contribution in [3.05, 3.63) is 12.7 Å². The third-order valence-corrected chi connectivity index (χ3v) is 1.29. The predicted octanol–water partition coefficient (Wildman–Crippen LogP) is 1.65. The smallest absolute Gasteiger partial charge is 0.0221 e. The SMILES string of the molecule is C=CC(N)CCCCN.CC. The van der Waals surface area contributed by atoms with Crippen molar-refractivity contribution in [1.82, 2.24) is 0 Å². The van der Waals surface area contributed by atoms with E-state index in [4.69, 9.17) is 11.5 Å². The highest BCUT2D eigenvalue weighted by atomic mass is 14.6. The zero-order valence-corrected chi connectivity index (χ0v) is 7.84. The second-order valence-corrected chi connectivity index (χ2v) is 2.18. The number of unbranched alkanes of at least 4 members (excludes halogenated alkanes) is 1. The van der Waals surface area contributed by atoms with Crippen LogP contribution in [-0.4, -0.2) is 12.6 Å². The Morgan fingerprint density at radius 1 is 1.36 bits per heavy atom. The summed E-state index contributed by atoms with van der Waals surface area (Å²) in [5.41, 5.74) is 10.8. The van der Waals surface area contributed by atoms with Crippen LogP contribution in [0.5, 0.6) is 0 Å². The van der Waals surface area contributed by atoms with Gasteiger partial charge in [-0.3, -0.25) is 0 Å². The molecule has 0 aromatic rings. The first-order chi connectivity index (χ1) is 5.31. The molecule has 0 aliphatic carbocycles.